The summed E-state index contributed by atoms with van der Waals surface area (Å²) in [6, 6.07) is 69.2. The van der Waals surface area contributed by atoms with Crippen LogP contribution in [0.4, 0.5) is 0 Å². The molecule has 0 aliphatic carbocycles. The van der Waals surface area contributed by atoms with Gasteiger partial charge in [0, 0.05) is 49.4 Å². The third-order valence-electron chi connectivity index (χ3n) is 11.5. The summed E-state index contributed by atoms with van der Waals surface area (Å²) in [7, 11) is 0. The van der Waals surface area contributed by atoms with Crippen molar-refractivity contribution in [3.8, 4) is 67.5 Å². The highest BCUT2D eigenvalue weighted by molar-refractivity contribution is 6.19. The van der Waals surface area contributed by atoms with E-state index in [0.717, 1.165) is 105 Å². The molecule has 0 aliphatic rings. The van der Waals surface area contributed by atoms with Crippen molar-refractivity contribution in [2.75, 3.05) is 0 Å². The van der Waals surface area contributed by atoms with Crippen molar-refractivity contribution >= 4 is 54.6 Å². The van der Waals surface area contributed by atoms with Crippen molar-refractivity contribution in [3.05, 3.63) is 200 Å². The second kappa shape index (κ2) is 13.8. The minimum atomic E-state index is 0.566. The van der Waals surface area contributed by atoms with Gasteiger partial charge in [-0.05, 0) is 75.5 Å². The number of hydrogen-bond acceptors (Lipinski definition) is 5. The molecule has 9 aromatic carbocycles. The van der Waals surface area contributed by atoms with Crippen LogP contribution in [-0.4, -0.2) is 15.0 Å². The molecular weight excluding hydrogens is 735 g/mol. The van der Waals surface area contributed by atoms with Crippen LogP contribution in [-0.2, 0) is 0 Å². The summed E-state index contributed by atoms with van der Waals surface area (Å²) in [5.74, 6) is 1.72. The molecule has 5 heteroatoms. The second-order valence-electron chi connectivity index (χ2n) is 15.1. The summed E-state index contributed by atoms with van der Waals surface area (Å²) >= 11 is 0. The number of para-hydroxylation sites is 2. The normalized spacial score (nSPS) is 11.7. The number of fused-ring (bicyclic) bond motifs is 8. The van der Waals surface area contributed by atoms with E-state index in [-0.39, 0.29) is 0 Å². The first-order chi connectivity index (χ1) is 29.7. The molecule has 0 atom stereocenters. The summed E-state index contributed by atoms with van der Waals surface area (Å²) in [6.45, 7) is 0. The van der Waals surface area contributed by atoms with Gasteiger partial charge in [-0.15, -0.1) is 0 Å². The Kier molecular flexibility index (Phi) is 7.78. The van der Waals surface area contributed by atoms with Crippen LogP contribution in [0.3, 0.4) is 0 Å². The fraction of sp³-hybridized carbons (Fsp3) is 0. The molecule has 0 fully saturated rings. The topological polar surface area (TPSA) is 65.0 Å². The van der Waals surface area contributed by atoms with Crippen molar-refractivity contribution in [2.45, 2.75) is 0 Å². The zero-order chi connectivity index (χ0) is 39.6. The quantitative estimate of drug-likeness (QED) is 0.169. The molecule has 0 N–H and O–H groups in total. The number of hydrogen-bond donors (Lipinski definition) is 0. The molecule has 3 heterocycles. The van der Waals surface area contributed by atoms with Crippen LogP contribution in [0, 0.1) is 0 Å². The molecule has 12 aromatic rings. The fourth-order valence-corrected chi connectivity index (χ4v) is 8.73. The van der Waals surface area contributed by atoms with Crippen LogP contribution < -0.4 is 0 Å². The van der Waals surface area contributed by atoms with Gasteiger partial charge in [0.15, 0.2) is 17.5 Å². The number of nitrogens with zero attached hydrogens (tertiary/aromatic N) is 3. The predicted octanol–water partition coefficient (Wildman–Crippen LogP) is 14.8. The average Bonchev–Trinajstić information content (AvgIpc) is 3.90. The molecule has 0 spiro atoms. The van der Waals surface area contributed by atoms with Crippen molar-refractivity contribution in [3.63, 3.8) is 0 Å². The summed E-state index contributed by atoms with van der Waals surface area (Å²) in [4.78, 5) is 15.9. The lowest BCUT2D eigenvalue weighted by molar-refractivity contribution is 0.669. The van der Waals surface area contributed by atoms with Crippen LogP contribution in [0.2, 0.25) is 0 Å². The molecule has 5 nitrogen and oxygen atoms in total. The first-order valence-corrected chi connectivity index (χ1v) is 20.1. The minimum Gasteiger partial charge on any atom is -0.456 e. The van der Waals surface area contributed by atoms with E-state index in [0.29, 0.717) is 17.5 Å². The summed E-state index contributed by atoms with van der Waals surface area (Å²) in [5, 5.41) is 6.54. The van der Waals surface area contributed by atoms with Gasteiger partial charge in [-0.2, -0.15) is 0 Å². The van der Waals surface area contributed by atoms with Gasteiger partial charge < -0.3 is 8.83 Å². The highest BCUT2D eigenvalue weighted by atomic mass is 16.3. The van der Waals surface area contributed by atoms with Gasteiger partial charge in [-0.3, -0.25) is 0 Å². The lowest BCUT2D eigenvalue weighted by Gasteiger charge is -2.19. The highest BCUT2D eigenvalue weighted by Gasteiger charge is 2.24. The Bertz CT molecular complexity index is 3590. The molecule has 0 unspecified atom stereocenters. The molecular formula is C55H33N3O2. The maximum absolute atomic E-state index is 6.71. The number of rotatable bonds is 6. The number of furan rings is 2. The zero-order valence-corrected chi connectivity index (χ0v) is 32.2. The van der Waals surface area contributed by atoms with E-state index in [9.17, 15) is 0 Å². The van der Waals surface area contributed by atoms with Gasteiger partial charge in [-0.25, -0.2) is 15.0 Å². The van der Waals surface area contributed by atoms with E-state index in [2.05, 4.69) is 140 Å². The second-order valence-corrected chi connectivity index (χ2v) is 15.1. The lowest BCUT2D eigenvalue weighted by Crippen LogP contribution is -2.02. The monoisotopic (exact) mass is 767 g/mol. The summed E-state index contributed by atoms with van der Waals surface area (Å²) in [5.41, 5.74) is 12.2. The third kappa shape index (κ3) is 5.59. The van der Waals surface area contributed by atoms with Crippen molar-refractivity contribution < 1.29 is 8.83 Å². The largest absolute Gasteiger partial charge is 0.456 e. The maximum Gasteiger partial charge on any atom is 0.164 e. The molecule has 0 aliphatic heterocycles. The van der Waals surface area contributed by atoms with E-state index in [1.54, 1.807) is 0 Å². The highest BCUT2D eigenvalue weighted by Crippen LogP contribution is 2.46. The maximum atomic E-state index is 6.71. The van der Waals surface area contributed by atoms with Gasteiger partial charge in [0.25, 0.3) is 0 Å². The van der Waals surface area contributed by atoms with E-state index < -0.39 is 0 Å². The number of benzene rings is 9. The van der Waals surface area contributed by atoms with Gasteiger partial charge in [0.2, 0.25) is 0 Å². The Hall–Kier alpha value is -8.15. The molecule has 12 rings (SSSR count). The first-order valence-electron chi connectivity index (χ1n) is 20.1. The van der Waals surface area contributed by atoms with Crippen molar-refractivity contribution in [2.24, 2.45) is 0 Å². The predicted molar refractivity (Wildman–Crippen MR) is 245 cm³/mol. The molecule has 0 amide bonds. The Morgan fingerprint density at radius 2 is 0.900 bits per heavy atom. The lowest BCUT2D eigenvalue weighted by atomic mass is 9.86. The van der Waals surface area contributed by atoms with Gasteiger partial charge in [0.1, 0.15) is 22.3 Å². The molecule has 280 valence electrons. The van der Waals surface area contributed by atoms with E-state index in [4.69, 9.17) is 23.8 Å². The summed E-state index contributed by atoms with van der Waals surface area (Å²) < 4.78 is 13.1. The number of aromatic nitrogens is 3. The molecule has 0 radical (unpaired) electrons. The Balaban J connectivity index is 1.17. The first kappa shape index (κ1) is 33.9. The Morgan fingerprint density at radius 3 is 1.70 bits per heavy atom. The SMILES string of the molecule is c1ccc(-c2cc(-c3nc(-c4ccccc4)nc(-c4ccc5oc6ccc7ccccc7c6c5c4)n3)c(-c3ccccc3)c(-c3cccc4c3oc3ccccc34)c2)cc1. The molecule has 60 heavy (non-hydrogen) atoms. The van der Waals surface area contributed by atoms with Crippen LogP contribution in [0.25, 0.3) is 122 Å². The van der Waals surface area contributed by atoms with Crippen molar-refractivity contribution in [1.82, 2.24) is 15.0 Å². The van der Waals surface area contributed by atoms with Crippen LogP contribution in [0.1, 0.15) is 0 Å². The van der Waals surface area contributed by atoms with Crippen molar-refractivity contribution in [1.29, 1.82) is 0 Å². The molecule has 3 aromatic heterocycles. The molecule has 0 saturated carbocycles. The Morgan fingerprint density at radius 1 is 0.300 bits per heavy atom. The fourth-order valence-electron chi connectivity index (χ4n) is 8.73. The van der Waals surface area contributed by atoms with Gasteiger partial charge in [0.05, 0.1) is 0 Å². The smallest absolute Gasteiger partial charge is 0.164 e. The molecule has 0 bridgehead atoms. The zero-order valence-electron chi connectivity index (χ0n) is 32.2. The van der Waals surface area contributed by atoms with Crippen LogP contribution in [0.15, 0.2) is 209 Å². The van der Waals surface area contributed by atoms with E-state index >= 15 is 0 Å². The summed E-state index contributed by atoms with van der Waals surface area (Å²) in [6.07, 6.45) is 0. The average molecular weight is 768 g/mol. The minimum absolute atomic E-state index is 0.566. The molecule has 0 saturated heterocycles. The van der Waals surface area contributed by atoms with Gasteiger partial charge >= 0.3 is 0 Å². The third-order valence-corrected chi connectivity index (χ3v) is 11.5. The Labute approximate surface area is 344 Å². The standard InChI is InChI=1S/C55H33N3O2/c1-4-15-34(16-5-1)39-32-44(43-25-14-24-42-41-23-12-13-26-47(41)60-52(42)43)50(36-18-6-2-7-19-36)46(33-39)55-57-53(37-20-8-3-9-21-37)56-54(58-55)38-28-29-48-45(31-38)51-40-22-11-10-17-35(40)27-30-49(51)59-48/h1-33H. The van der Waals surface area contributed by atoms with Crippen LogP contribution >= 0.6 is 0 Å². The van der Waals surface area contributed by atoms with Gasteiger partial charge in [-0.1, -0.05) is 158 Å². The van der Waals surface area contributed by atoms with Crippen LogP contribution in [0.5, 0.6) is 0 Å². The van der Waals surface area contributed by atoms with E-state index in [1.165, 1.54) is 0 Å². The van der Waals surface area contributed by atoms with E-state index in [1.807, 2.05) is 60.7 Å².